The van der Waals surface area contributed by atoms with Crippen LogP contribution >= 0.6 is 11.6 Å². The van der Waals surface area contributed by atoms with E-state index in [1.807, 2.05) is 39.0 Å². The van der Waals surface area contributed by atoms with Crippen molar-refractivity contribution in [1.29, 1.82) is 0 Å². The second-order valence-corrected chi connectivity index (χ2v) is 11.1. The normalized spacial score (nSPS) is 12.6. The molecule has 0 aliphatic carbocycles. The average molecular weight is 571 g/mol. The molecule has 0 fully saturated rings. The summed E-state index contributed by atoms with van der Waals surface area (Å²) in [5, 5.41) is 5.78. The number of benzene rings is 2. The van der Waals surface area contributed by atoms with Crippen molar-refractivity contribution < 1.29 is 23.9 Å². The first-order valence-electron chi connectivity index (χ1n) is 13.0. The third kappa shape index (κ3) is 9.12. The van der Waals surface area contributed by atoms with Gasteiger partial charge in [0.25, 0.3) is 5.91 Å². The Hall–Kier alpha value is -3.85. The van der Waals surface area contributed by atoms with E-state index in [0.717, 1.165) is 16.7 Å². The van der Waals surface area contributed by atoms with E-state index in [4.69, 9.17) is 22.1 Å². The molecule has 0 spiro atoms. The molecule has 0 aliphatic rings. The number of alkyl carbamates (subject to hydrolysis) is 1. The second-order valence-electron chi connectivity index (χ2n) is 10.7. The Balaban J connectivity index is 2.59. The molecule has 0 radical (unpaired) electrons. The third-order valence-electron chi connectivity index (χ3n) is 6.15. The van der Waals surface area contributed by atoms with Crippen molar-refractivity contribution in [3.8, 4) is 0 Å². The van der Waals surface area contributed by atoms with E-state index in [2.05, 4.69) is 17.2 Å². The predicted molar refractivity (Wildman–Crippen MR) is 157 cm³/mol. The van der Waals surface area contributed by atoms with Crippen molar-refractivity contribution in [3.05, 3.63) is 76.3 Å². The van der Waals surface area contributed by atoms with Gasteiger partial charge in [0.15, 0.2) is 0 Å². The van der Waals surface area contributed by atoms with Crippen LogP contribution in [0.1, 0.15) is 61.9 Å². The summed E-state index contributed by atoms with van der Waals surface area (Å²) in [5.41, 5.74) is 8.18. The topological polar surface area (TPSA) is 131 Å². The van der Waals surface area contributed by atoms with Gasteiger partial charge < -0.3 is 26.0 Å². The van der Waals surface area contributed by atoms with E-state index in [9.17, 15) is 19.2 Å². The molecule has 2 atom stereocenters. The van der Waals surface area contributed by atoms with Gasteiger partial charge in [-0.1, -0.05) is 48.0 Å². The van der Waals surface area contributed by atoms with Gasteiger partial charge >= 0.3 is 6.09 Å². The van der Waals surface area contributed by atoms with E-state index in [0.29, 0.717) is 16.3 Å². The van der Waals surface area contributed by atoms with Crippen molar-refractivity contribution in [2.24, 2.45) is 5.73 Å². The molecule has 0 heterocycles. The van der Waals surface area contributed by atoms with Gasteiger partial charge in [-0.05, 0) is 76.3 Å². The van der Waals surface area contributed by atoms with Crippen LogP contribution in [0.3, 0.4) is 0 Å². The Bertz CT molecular complexity index is 1250. The molecule has 0 saturated carbocycles. The molecule has 4 amide bonds. The molecule has 2 aromatic rings. The lowest BCUT2D eigenvalue weighted by atomic mass is 9.97. The summed E-state index contributed by atoms with van der Waals surface area (Å²) in [5.74, 6) is -1.77. The first-order valence-corrected chi connectivity index (χ1v) is 13.3. The molecule has 0 saturated heterocycles. The van der Waals surface area contributed by atoms with Crippen molar-refractivity contribution in [2.45, 2.75) is 72.1 Å². The summed E-state index contributed by atoms with van der Waals surface area (Å²) in [4.78, 5) is 53.5. The number of nitrogens with one attached hydrogen (secondary N) is 2. The standard InChI is InChI=1S/C30H39ClN4O5/c1-8-16-35(28(38)23(14-15-24(32)36)33-29(39)40-30(5,6)7)26(21-13-12-18(2)20(4)17-21)27(37)34-25-19(3)10-9-11-22(25)31/h8-13,17,23,26H,1,14-16H2,2-7H3,(H2,32,36)(H,33,39)(H,34,37). The number of para-hydroxylation sites is 1. The fraction of sp³-hybridized carbons (Fsp3) is 0.400. The lowest BCUT2D eigenvalue weighted by Gasteiger charge is -2.34. The Morgan fingerprint density at radius 3 is 2.30 bits per heavy atom. The van der Waals surface area contributed by atoms with Gasteiger partial charge in [0.05, 0.1) is 10.7 Å². The Labute approximate surface area is 241 Å². The molecule has 216 valence electrons. The number of hydrogen-bond acceptors (Lipinski definition) is 5. The van der Waals surface area contributed by atoms with E-state index in [1.54, 1.807) is 39.0 Å². The third-order valence-corrected chi connectivity index (χ3v) is 6.47. The number of primary amides is 1. The molecule has 0 bridgehead atoms. The number of halogens is 1. The highest BCUT2D eigenvalue weighted by Crippen LogP contribution is 2.30. The smallest absolute Gasteiger partial charge is 0.408 e. The number of carbonyl (C=O) groups excluding carboxylic acids is 4. The van der Waals surface area contributed by atoms with E-state index in [1.165, 1.54) is 11.0 Å². The number of carbonyl (C=O) groups is 4. The van der Waals surface area contributed by atoms with Crippen LogP contribution in [0, 0.1) is 20.8 Å². The number of aryl methyl sites for hydroxylation is 3. The van der Waals surface area contributed by atoms with Gasteiger partial charge in [-0.15, -0.1) is 6.58 Å². The lowest BCUT2D eigenvalue weighted by molar-refractivity contribution is -0.140. The van der Waals surface area contributed by atoms with Crippen molar-refractivity contribution in [2.75, 3.05) is 11.9 Å². The summed E-state index contributed by atoms with van der Waals surface area (Å²) < 4.78 is 5.34. The lowest BCUT2D eigenvalue weighted by Crippen LogP contribution is -2.52. The summed E-state index contributed by atoms with van der Waals surface area (Å²) >= 11 is 6.39. The zero-order chi connectivity index (χ0) is 30.2. The predicted octanol–water partition coefficient (Wildman–Crippen LogP) is 5.12. The molecule has 2 aromatic carbocycles. The number of amides is 4. The van der Waals surface area contributed by atoms with Crippen LogP contribution in [0.2, 0.25) is 5.02 Å². The second kappa shape index (κ2) is 14.0. The van der Waals surface area contributed by atoms with Crippen molar-refractivity contribution >= 4 is 41.1 Å². The van der Waals surface area contributed by atoms with Gasteiger partial charge in [-0.3, -0.25) is 14.4 Å². The van der Waals surface area contributed by atoms with Crippen LogP contribution in [0.25, 0.3) is 0 Å². The largest absolute Gasteiger partial charge is 0.444 e. The fourth-order valence-electron chi connectivity index (χ4n) is 4.05. The molecule has 2 rings (SSSR count). The van der Waals surface area contributed by atoms with Crippen LogP contribution in [0.5, 0.6) is 0 Å². The molecule has 10 heteroatoms. The molecule has 2 unspecified atom stereocenters. The van der Waals surface area contributed by atoms with Crippen LogP contribution in [-0.4, -0.2) is 46.9 Å². The highest BCUT2D eigenvalue weighted by atomic mass is 35.5. The summed E-state index contributed by atoms with van der Waals surface area (Å²) in [6, 6.07) is 8.38. The van der Waals surface area contributed by atoms with Crippen molar-refractivity contribution in [3.63, 3.8) is 0 Å². The number of nitrogens with two attached hydrogens (primary N) is 1. The number of ether oxygens (including phenoxy) is 1. The van der Waals surface area contributed by atoms with Crippen LogP contribution in [0.4, 0.5) is 10.5 Å². The molecule has 0 aliphatic heterocycles. The maximum atomic E-state index is 14.1. The van der Waals surface area contributed by atoms with E-state index >= 15 is 0 Å². The van der Waals surface area contributed by atoms with E-state index < -0.39 is 41.5 Å². The summed E-state index contributed by atoms with van der Waals surface area (Å²) in [6.45, 7) is 14.5. The Morgan fingerprint density at radius 2 is 1.75 bits per heavy atom. The van der Waals surface area contributed by atoms with Gasteiger partial charge in [0.1, 0.15) is 17.7 Å². The number of nitrogens with zero attached hydrogens (tertiary/aromatic N) is 1. The Morgan fingerprint density at radius 1 is 1.07 bits per heavy atom. The van der Waals surface area contributed by atoms with Crippen LogP contribution in [-0.2, 0) is 19.1 Å². The average Bonchev–Trinajstić information content (AvgIpc) is 2.84. The minimum Gasteiger partial charge on any atom is -0.444 e. The maximum absolute atomic E-state index is 14.1. The summed E-state index contributed by atoms with van der Waals surface area (Å²) in [6.07, 6.45) is 0.380. The quantitative estimate of drug-likeness (QED) is 0.323. The molecule has 4 N–H and O–H groups in total. The zero-order valence-corrected chi connectivity index (χ0v) is 24.7. The Kier molecular flexibility index (Phi) is 11.3. The molecular weight excluding hydrogens is 532 g/mol. The van der Waals surface area contributed by atoms with Gasteiger partial charge in [-0.2, -0.15) is 0 Å². The first kappa shape index (κ1) is 32.4. The number of hydrogen-bond donors (Lipinski definition) is 3. The summed E-state index contributed by atoms with van der Waals surface area (Å²) in [7, 11) is 0. The minimum atomic E-state index is -1.20. The van der Waals surface area contributed by atoms with Crippen LogP contribution in [0.15, 0.2) is 49.1 Å². The van der Waals surface area contributed by atoms with Gasteiger partial charge in [0.2, 0.25) is 11.8 Å². The molecule has 9 nitrogen and oxygen atoms in total. The fourth-order valence-corrected chi connectivity index (χ4v) is 4.31. The molecular formula is C30H39ClN4O5. The highest BCUT2D eigenvalue weighted by Gasteiger charge is 2.36. The van der Waals surface area contributed by atoms with E-state index in [-0.39, 0.29) is 19.4 Å². The van der Waals surface area contributed by atoms with Gasteiger partial charge in [-0.25, -0.2) is 4.79 Å². The number of rotatable bonds is 11. The molecule has 40 heavy (non-hydrogen) atoms. The zero-order valence-electron chi connectivity index (χ0n) is 24.0. The SMILES string of the molecule is C=CCN(C(=O)C(CCC(N)=O)NC(=O)OC(C)(C)C)C(C(=O)Nc1c(C)cccc1Cl)c1ccc(C)c(C)c1. The minimum absolute atomic E-state index is 0.0333. The highest BCUT2D eigenvalue weighted by molar-refractivity contribution is 6.34. The molecule has 0 aromatic heterocycles. The van der Waals surface area contributed by atoms with Crippen molar-refractivity contribution in [1.82, 2.24) is 10.2 Å². The number of anilines is 1. The first-order chi connectivity index (χ1) is 18.6. The van der Waals surface area contributed by atoms with Crippen LogP contribution < -0.4 is 16.4 Å². The maximum Gasteiger partial charge on any atom is 0.408 e. The van der Waals surface area contributed by atoms with Gasteiger partial charge in [0, 0.05) is 13.0 Å². The monoisotopic (exact) mass is 570 g/mol.